The molecular formula is C21H19F6N3O4S. The van der Waals surface area contributed by atoms with Gasteiger partial charge in [-0.2, -0.15) is 30.6 Å². The van der Waals surface area contributed by atoms with Crippen LogP contribution in [0.25, 0.3) is 0 Å². The SMILES string of the molecule is O=C1CCN(S(=O)(=O)c2cccc(C(F)(F)F)c2)C[C@H]2C[C@@H](Oc3ccc(C(F)(F)F)nc3)CN12. The molecule has 0 radical (unpaired) electrons. The fourth-order valence-corrected chi connectivity index (χ4v) is 5.66. The average molecular weight is 523 g/mol. The number of rotatable bonds is 4. The van der Waals surface area contributed by atoms with Crippen molar-refractivity contribution in [1.29, 1.82) is 0 Å². The van der Waals surface area contributed by atoms with Crippen LogP contribution in [-0.2, 0) is 27.2 Å². The van der Waals surface area contributed by atoms with Crippen molar-refractivity contribution in [1.82, 2.24) is 14.2 Å². The molecule has 190 valence electrons. The standard InChI is InChI=1S/C21H19F6N3O4S/c22-20(23,24)13-2-1-3-17(8-13)35(32,33)29-7-6-19(31)30-12-16(9-14(30)11-29)34-15-4-5-18(28-10-15)21(25,26)27/h1-5,8,10,14,16H,6-7,9,11-12H2/t14-,16-/m1/s1. The van der Waals surface area contributed by atoms with E-state index in [0.717, 1.165) is 40.8 Å². The van der Waals surface area contributed by atoms with Gasteiger partial charge >= 0.3 is 12.4 Å². The molecule has 0 bridgehead atoms. The molecule has 2 aliphatic heterocycles. The van der Waals surface area contributed by atoms with Gasteiger partial charge in [0.05, 0.1) is 23.2 Å². The highest BCUT2D eigenvalue weighted by Gasteiger charge is 2.42. The van der Waals surface area contributed by atoms with Gasteiger partial charge < -0.3 is 9.64 Å². The number of fused-ring (bicyclic) bond motifs is 1. The molecule has 2 aliphatic rings. The number of hydrogen-bond donors (Lipinski definition) is 0. The van der Waals surface area contributed by atoms with Gasteiger partial charge in [-0.3, -0.25) is 4.79 Å². The number of sulfonamides is 1. The fourth-order valence-electron chi connectivity index (χ4n) is 4.14. The number of alkyl halides is 6. The number of amides is 1. The largest absolute Gasteiger partial charge is 0.487 e. The lowest BCUT2D eigenvalue weighted by molar-refractivity contribution is -0.141. The van der Waals surface area contributed by atoms with Gasteiger partial charge in [0.25, 0.3) is 0 Å². The molecule has 2 atom stereocenters. The van der Waals surface area contributed by atoms with E-state index in [9.17, 15) is 39.6 Å². The van der Waals surface area contributed by atoms with Crippen LogP contribution in [0.1, 0.15) is 24.1 Å². The third-order valence-electron chi connectivity index (χ3n) is 5.81. The Morgan fingerprint density at radius 1 is 1.00 bits per heavy atom. The summed E-state index contributed by atoms with van der Waals surface area (Å²) in [7, 11) is -4.33. The van der Waals surface area contributed by atoms with Crippen molar-refractivity contribution in [3.8, 4) is 5.75 Å². The number of pyridine rings is 1. The summed E-state index contributed by atoms with van der Waals surface area (Å²) < 4.78 is 110. The van der Waals surface area contributed by atoms with Gasteiger partial charge in [0.2, 0.25) is 15.9 Å². The monoisotopic (exact) mass is 523 g/mol. The lowest BCUT2D eigenvalue weighted by Crippen LogP contribution is -2.40. The van der Waals surface area contributed by atoms with E-state index in [1.807, 2.05) is 0 Å². The van der Waals surface area contributed by atoms with Crippen molar-refractivity contribution < 1.29 is 44.3 Å². The van der Waals surface area contributed by atoms with E-state index in [0.29, 0.717) is 6.07 Å². The molecule has 2 saturated heterocycles. The third-order valence-corrected chi connectivity index (χ3v) is 7.68. The first-order valence-electron chi connectivity index (χ1n) is 10.4. The Hall–Kier alpha value is -2.87. The van der Waals surface area contributed by atoms with Crippen LogP contribution < -0.4 is 4.74 Å². The first-order chi connectivity index (χ1) is 16.2. The highest BCUT2D eigenvalue weighted by molar-refractivity contribution is 7.89. The first-order valence-corrected chi connectivity index (χ1v) is 11.9. The smallest absolute Gasteiger partial charge is 0.433 e. The van der Waals surface area contributed by atoms with Gasteiger partial charge in [-0.25, -0.2) is 13.4 Å². The minimum atomic E-state index is -4.72. The Kier molecular flexibility index (Phi) is 6.47. The Labute approximate surface area is 196 Å². The van der Waals surface area contributed by atoms with Crippen LogP contribution in [0.5, 0.6) is 5.75 Å². The Morgan fingerprint density at radius 3 is 2.37 bits per heavy atom. The quantitative estimate of drug-likeness (QED) is 0.573. The summed E-state index contributed by atoms with van der Waals surface area (Å²) in [5.74, 6) is -0.296. The van der Waals surface area contributed by atoms with Gasteiger partial charge in [0.1, 0.15) is 17.5 Å². The van der Waals surface area contributed by atoms with Gasteiger partial charge in [-0.05, 0) is 30.3 Å². The van der Waals surface area contributed by atoms with Crippen molar-refractivity contribution >= 4 is 15.9 Å². The summed E-state index contributed by atoms with van der Waals surface area (Å²) in [6.45, 7) is -0.268. The number of hydrogen-bond acceptors (Lipinski definition) is 5. The van der Waals surface area contributed by atoms with Crippen molar-refractivity contribution in [3.05, 3.63) is 53.9 Å². The van der Waals surface area contributed by atoms with Gasteiger partial charge in [-0.15, -0.1) is 0 Å². The molecule has 4 rings (SSSR count). The molecular weight excluding hydrogens is 504 g/mol. The van der Waals surface area contributed by atoms with Crippen LogP contribution in [0, 0.1) is 0 Å². The second-order valence-corrected chi connectivity index (χ2v) is 10.1. The fraction of sp³-hybridized carbons (Fsp3) is 0.429. The predicted octanol–water partition coefficient (Wildman–Crippen LogP) is 3.56. The maximum absolute atomic E-state index is 13.1. The topological polar surface area (TPSA) is 79.8 Å². The number of nitrogens with zero attached hydrogens (tertiary/aromatic N) is 3. The molecule has 0 unspecified atom stereocenters. The second kappa shape index (κ2) is 8.97. The molecule has 7 nitrogen and oxygen atoms in total. The Morgan fingerprint density at radius 2 is 1.74 bits per heavy atom. The zero-order valence-corrected chi connectivity index (χ0v) is 18.7. The number of halogens is 6. The minimum absolute atomic E-state index is 0.0570. The maximum Gasteiger partial charge on any atom is 0.433 e. The van der Waals surface area contributed by atoms with Crippen LogP contribution in [0.4, 0.5) is 26.3 Å². The van der Waals surface area contributed by atoms with E-state index in [-0.39, 0.29) is 44.1 Å². The molecule has 0 spiro atoms. The summed E-state index contributed by atoms with van der Waals surface area (Å²) in [4.78, 5) is 16.8. The number of carbonyl (C=O) groups is 1. The first kappa shape index (κ1) is 25.2. The normalized spacial score (nSPS) is 22.1. The summed E-state index contributed by atoms with van der Waals surface area (Å²) in [5, 5.41) is 0. The highest BCUT2D eigenvalue weighted by Crippen LogP contribution is 2.33. The molecule has 0 aliphatic carbocycles. The molecule has 0 saturated carbocycles. The molecule has 1 amide bonds. The van der Waals surface area contributed by atoms with E-state index in [2.05, 4.69) is 4.98 Å². The number of aromatic nitrogens is 1. The molecule has 35 heavy (non-hydrogen) atoms. The van der Waals surface area contributed by atoms with Crippen molar-refractivity contribution in [3.63, 3.8) is 0 Å². The van der Waals surface area contributed by atoms with Crippen molar-refractivity contribution in [2.24, 2.45) is 0 Å². The predicted molar refractivity (Wildman–Crippen MR) is 109 cm³/mol. The molecule has 1 aromatic carbocycles. The molecule has 2 fully saturated rings. The highest BCUT2D eigenvalue weighted by atomic mass is 32.2. The Balaban J connectivity index is 1.49. The molecule has 3 heterocycles. The van der Waals surface area contributed by atoms with E-state index in [1.165, 1.54) is 4.90 Å². The van der Waals surface area contributed by atoms with Crippen LogP contribution in [-0.4, -0.2) is 60.3 Å². The number of carbonyl (C=O) groups excluding carboxylic acids is 1. The van der Waals surface area contributed by atoms with E-state index >= 15 is 0 Å². The summed E-state index contributed by atoms with van der Waals surface area (Å²) in [6.07, 6.45) is -9.03. The number of ether oxygens (including phenoxy) is 1. The molecule has 14 heteroatoms. The number of benzene rings is 1. The molecule has 0 N–H and O–H groups in total. The maximum atomic E-state index is 13.1. The third kappa shape index (κ3) is 5.37. The minimum Gasteiger partial charge on any atom is -0.487 e. The summed E-state index contributed by atoms with van der Waals surface area (Å²) in [5.41, 5.74) is -2.19. The summed E-state index contributed by atoms with van der Waals surface area (Å²) in [6, 6.07) is 4.64. The van der Waals surface area contributed by atoms with Crippen LogP contribution >= 0.6 is 0 Å². The van der Waals surface area contributed by atoms with Crippen molar-refractivity contribution in [2.45, 2.75) is 42.2 Å². The van der Waals surface area contributed by atoms with E-state index in [1.54, 1.807) is 0 Å². The average Bonchev–Trinajstić information content (AvgIpc) is 3.10. The Bertz CT molecular complexity index is 1200. The van der Waals surface area contributed by atoms with Crippen LogP contribution in [0.2, 0.25) is 0 Å². The van der Waals surface area contributed by atoms with E-state index in [4.69, 9.17) is 4.74 Å². The zero-order valence-electron chi connectivity index (χ0n) is 17.9. The summed E-state index contributed by atoms with van der Waals surface area (Å²) >= 11 is 0. The lowest BCUT2D eigenvalue weighted by Gasteiger charge is -2.25. The van der Waals surface area contributed by atoms with Gasteiger partial charge in [0.15, 0.2) is 0 Å². The molecule has 1 aromatic heterocycles. The lowest BCUT2D eigenvalue weighted by atomic mass is 10.2. The molecule has 2 aromatic rings. The van der Waals surface area contributed by atoms with Gasteiger partial charge in [0, 0.05) is 32.0 Å². The van der Waals surface area contributed by atoms with Crippen LogP contribution in [0.3, 0.4) is 0 Å². The van der Waals surface area contributed by atoms with Crippen molar-refractivity contribution in [2.75, 3.05) is 19.6 Å². The zero-order chi connectivity index (χ0) is 25.6. The second-order valence-electron chi connectivity index (χ2n) is 8.19. The van der Waals surface area contributed by atoms with Crippen LogP contribution in [0.15, 0.2) is 47.5 Å². The van der Waals surface area contributed by atoms with Gasteiger partial charge in [-0.1, -0.05) is 6.07 Å². The van der Waals surface area contributed by atoms with E-state index < -0.39 is 50.7 Å².